The summed E-state index contributed by atoms with van der Waals surface area (Å²) in [4.78, 5) is 8.31. The topological polar surface area (TPSA) is 37.8 Å². The number of halogens is 2. The Balaban J connectivity index is 2.49. The Morgan fingerprint density at radius 2 is 2.12 bits per heavy atom. The summed E-state index contributed by atoms with van der Waals surface area (Å²) in [5.74, 6) is 0.778. The second kappa shape index (κ2) is 4.45. The van der Waals surface area contributed by atoms with Crippen molar-refractivity contribution in [3.63, 3.8) is 0 Å². The van der Waals surface area contributed by atoms with Crippen LogP contribution in [0.1, 0.15) is 0 Å². The first-order chi connectivity index (χ1) is 7.70. The number of aromatic nitrogens is 2. The van der Waals surface area contributed by atoms with Gasteiger partial charge in [0.05, 0.1) is 5.02 Å². The first kappa shape index (κ1) is 10.8. The van der Waals surface area contributed by atoms with E-state index >= 15 is 0 Å². The standard InChI is InChI=1S/C11H9ClFN3/c1-14-10-4-5-15-11(16-10)8-3-2-7(13)6-9(8)12/h2-6H,1H3,(H,14,15,16). The van der Waals surface area contributed by atoms with Crippen LogP contribution in [0, 0.1) is 5.82 Å². The third kappa shape index (κ3) is 2.12. The zero-order valence-electron chi connectivity index (χ0n) is 8.54. The Hall–Kier alpha value is -1.68. The normalized spacial score (nSPS) is 10.2. The Morgan fingerprint density at radius 1 is 1.31 bits per heavy atom. The maximum Gasteiger partial charge on any atom is 0.162 e. The summed E-state index contributed by atoms with van der Waals surface area (Å²) < 4.78 is 12.9. The molecule has 0 aliphatic rings. The molecule has 0 spiro atoms. The summed E-state index contributed by atoms with van der Waals surface area (Å²) >= 11 is 5.92. The minimum absolute atomic E-state index is 0.299. The van der Waals surface area contributed by atoms with Crippen LogP contribution in [-0.4, -0.2) is 17.0 Å². The van der Waals surface area contributed by atoms with Gasteiger partial charge in [0.2, 0.25) is 0 Å². The van der Waals surface area contributed by atoms with Crippen LogP contribution in [0.2, 0.25) is 5.02 Å². The number of nitrogens with zero attached hydrogens (tertiary/aromatic N) is 2. The van der Waals surface area contributed by atoms with E-state index < -0.39 is 0 Å². The van der Waals surface area contributed by atoms with E-state index in [1.54, 1.807) is 25.4 Å². The molecule has 0 amide bonds. The van der Waals surface area contributed by atoms with Crippen molar-refractivity contribution in [2.45, 2.75) is 0 Å². The monoisotopic (exact) mass is 237 g/mol. The number of hydrogen-bond donors (Lipinski definition) is 1. The molecule has 0 atom stereocenters. The molecule has 0 aliphatic carbocycles. The van der Waals surface area contributed by atoms with Crippen LogP contribution in [0.15, 0.2) is 30.5 Å². The maximum absolute atomic E-state index is 12.9. The molecule has 0 saturated carbocycles. The molecule has 0 saturated heterocycles. The fraction of sp³-hybridized carbons (Fsp3) is 0.0909. The summed E-state index contributed by atoms with van der Waals surface area (Å²) in [6, 6.07) is 5.87. The van der Waals surface area contributed by atoms with E-state index in [9.17, 15) is 4.39 Å². The summed E-state index contributed by atoms with van der Waals surface area (Å²) in [6.07, 6.45) is 1.62. The lowest BCUT2D eigenvalue weighted by atomic mass is 10.2. The highest BCUT2D eigenvalue weighted by molar-refractivity contribution is 6.33. The van der Waals surface area contributed by atoms with Crippen LogP contribution >= 0.6 is 11.6 Å². The average Bonchev–Trinajstić information content (AvgIpc) is 2.29. The number of anilines is 1. The number of benzene rings is 1. The molecule has 2 rings (SSSR count). The first-order valence-corrected chi connectivity index (χ1v) is 5.04. The average molecular weight is 238 g/mol. The Bertz CT molecular complexity index is 516. The van der Waals surface area contributed by atoms with Crippen molar-refractivity contribution in [1.82, 2.24) is 9.97 Å². The van der Waals surface area contributed by atoms with Gasteiger partial charge in [-0.3, -0.25) is 0 Å². The van der Waals surface area contributed by atoms with E-state index in [2.05, 4.69) is 15.3 Å². The van der Waals surface area contributed by atoms with E-state index in [0.717, 1.165) is 0 Å². The fourth-order valence-electron chi connectivity index (χ4n) is 1.30. The molecule has 0 fully saturated rings. The van der Waals surface area contributed by atoms with Crippen LogP contribution in [0.25, 0.3) is 11.4 Å². The van der Waals surface area contributed by atoms with Crippen molar-refractivity contribution < 1.29 is 4.39 Å². The number of hydrogen-bond acceptors (Lipinski definition) is 3. The van der Waals surface area contributed by atoms with Gasteiger partial charge < -0.3 is 5.32 Å². The molecule has 16 heavy (non-hydrogen) atoms. The van der Waals surface area contributed by atoms with Crippen molar-refractivity contribution >= 4 is 17.4 Å². The molecule has 1 aromatic heterocycles. The van der Waals surface area contributed by atoms with Gasteiger partial charge in [-0.1, -0.05) is 11.6 Å². The molecule has 0 unspecified atom stereocenters. The lowest BCUT2D eigenvalue weighted by Gasteiger charge is -2.04. The molecular formula is C11H9ClFN3. The smallest absolute Gasteiger partial charge is 0.162 e. The zero-order chi connectivity index (χ0) is 11.5. The minimum atomic E-state index is -0.376. The van der Waals surface area contributed by atoms with Gasteiger partial charge in [-0.15, -0.1) is 0 Å². The molecule has 5 heteroatoms. The minimum Gasteiger partial charge on any atom is -0.373 e. The molecule has 0 bridgehead atoms. The van der Waals surface area contributed by atoms with Gasteiger partial charge in [-0.05, 0) is 24.3 Å². The van der Waals surface area contributed by atoms with Crippen molar-refractivity contribution in [2.75, 3.05) is 12.4 Å². The molecule has 82 valence electrons. The third-order valence-corrected chi connectivity index (χ3v) is 2.40. The molecule has 1 aromatic carbocycles. The summed E-state index contributed by atoms with van der Waals surface area (Å²) in [7, 11) is 1.76. The highest BCUT2D eigenvalue weighted by atomic mass is 35.5. The third-order valence-electron chi connectivity index (χ3n) is 2.08. The number of rotatable bonds is 2. The Morgan fingerprint density at radius 3 is 2.81 bits per heavy atom. The second-order valence-electron chi connectivity index (χ2n) is 3.14. The van der Waals surface area contributed by atoms with E-state index in [4.69, 9.17) is 11.6 Å². The Labute approximate surface area is 97.3 Å². The summed E-state index contributed by atoms with van der Waals surface area (Å²) in [6.45, 7) is 0. The van der Waals surface area contributed by atoms with Gasteiger partial charge in [-0.25, -0.2) is 14.4 Å². The molecule has 3 nitrogen and oxygen atoms in total. The van der Waals surface area contributed by atoms with E-state index in [1.807, 2.05) is 0 Å². The van der Waals surface area contributed by atoms with Gasteiger partial charge in [0.15, 0.2) is 5.82 Å². The van der Waals surface area contributed by atoms with Crippen molar-refractivity contribution in [3.05, 3.63) is 41.3 Å². The molecule has 1 heterocycles. The molecular weight excluding hydrogens is 229 g/mol. The summed E-state index contributed by atoms with van der Waals surface area (Å²) in [5, 5.41) is 3.20. The first-order valence-electron chi connectivity index (χ1n) is 4.67. The molecule has 0 radical (unpaired) electrons. The van der Waals surface area contributed by atoms with Crippen molar-refractivity contribution in [2.24, 2.45) is 0 Å². The summed E-state index contributed by atoms with van der Waals surface area (Å²) in [5.41, 5.74) is 0.611. The van der Waals surface area contributed by atoms with E-state index in [1.165, 1.54) is 12.1 Å². The predicted octanol–water partition coefficient (Wildman–Crippen LogP) is 2.98. The zero-order valence-corrected chi connectivity index (χ0v) is 9.29. The van der Waals surface area contributed by atoms with Gasteiger partial charge in [0.25, 0.3) is 0 Å². The lowest BCUT2D eigenvalue weighted by molar-refractivity contribution is 0.628. The molecule has 0 aliphatic heterocycles. The van der Waals surface area contributed by atoms with Crippen LogP contribution in [0.4, 0.5) is 10.2 Å². The Kier molecular flexibility index (Phi) is 3.01. The lowest BCUT2D eigenvalue weighted by Crippen LogP contribution is -1.96. The van der Waals surface area contributed by atoms with Gasteiger partial charge in [-0.2, -0.15) is 0 Å². The van der Waals surface area contributed by atoms with Crippen LogP contribution < -0.4 is 5.32 Å². The fourth-order valence-corrected chi connectivity index (χ4v) is 1.55. The van der Waals surface area contributed by atoms with Gasteiger partial charge in [0, 0.05) is 18.8 Å². The van der Waals surface area contributed by atoms with Crippen LogP contribution in [-0.2, 0) is 0 Å². The second-order valence-corrected chi connectivity index (χ2v) is 3.55. The van der Waals surface area contributed by atoms with E-state index in [-0.39, 0.29) is 5.82 Å². The molecule has 1 N–H and O–H groups in total. The largest absolute Gasteiger partial charge is 0.373 e. The highest BCUT2D eigenvalue weighted by Crippen LogP contribution is 2.26. The SMILES string of the molecule is CNc1ccnc(-c2ccc(F)cc2Cl)n1. The number of nitrogens with one attached hydrogen (secondary N) is 1. The van der Waals surface area contributed by atoms with Gasteiger partial charge in [0.1, 0.15) is 11.6 Å². The maximum atomic E-state index is 12.9. The predicted molar refractivity (Wildman–Crippen MR) is 62.0 cm³/mol. The van der Waals surface area contributed by atoms with Crippen LogP contribution in [0.5, 0.6) is 0 Å². The molecule has 2 aromatic rings. The highest BCUT2D eigenvalue weighted by Gasteiger charge is 2.07. The van der Waals surface area contributed by atoms with Crippen LogP contribution in [0.3, 0.4) is 0 Å². The van der Waals surface area contributed by atoms with Gasteiger partial charge >= 0.3 is 0 Å². The van der Waals surface area contributed by atoms with Crippen molar-refractivity contribution in [3.8, 4) is 11.4 Å². The van der Waals surface area contributed by atoms with E-state index in [0.29, 0.717) is 22.2 Å². The quantitative estimate of drug-likeness (QED) is 0.873. The van der Waals surface area contributed by atoms with Crippen molar-refractivity contribution in [1.29, 1.82) is 0 Å².